The first-order valence-corrected chi connectivity index (χ1v) is 12.7. The zero-order valence-electron chi connectivity index (χ0n) is 18.6. The van der Waals surface area contributed by atoms with E-state index in [1.807, 2.05) is 7.05 Å². The first-order valence-electron chi connectivity index (χ1n) is 10.9. The highest BCUT2D eigenvalue weighted by molar-refractivity contribution is 7.89. The standard InChI is InChI=1S/C23H27ClN2O6S/c1-25-10-7-17-18(13-25)19(30-2)20-21(32-14-31-20)22(17)33(28,29)26-11-8-23(27,9-12-26)15-3-5-16(24)6-4-15/h3-6,27H,7-14H2,1-2H3. The smallest absolute Gasteiger partial charge is 0.247 e. The summed E-state index contributed by atoms with van der Waals surface area (Å²) in [5.41, 5.74) is 1.20. The second-order valence-corrected chi connectivity index (χ2v) is 11.1. The Hall–Kier alpha value is -2.04. The molecule has 0 bridgehead atoms. The molecule has 1 fully saturated rings. The van der Waals surface area contributed by atoms with Gasteiger partial charge in [-0.05, 0) is 49.6 Å². The Morgan fingerprint density at radius 1 is 1.06 bits per heavy atom. The number of nitrogens with zero attached hydrogens (tertiary/aromatic N) is 2. The molecular formula is C23H27ClN2O6S. The van der Waals surface area contributed by atoms with E-state index in [9.17, 15) is 13.5 Å². The highest BCUT2D eigenvalue weighted by atomic mass is 35.5. The summed E-state index contributed by atoms with van der Waals surface area (Å²) in [6.45, 7) is 1.63. The lowest BCUT2D eigenvalue weighted by atomic mass is 9.85. The molecule has 3 aliphatic heterocycles. The number of likely N-dealkylation sites (N-methyl/N-ethyl adjacent to an activating group) is 1. The molecule has 0 spiro atoms. The molecule has 33 heavy (non-hydrogen) atoms. The topological polar surface area (TPSA) is 88.5 Å². The maximum Gasteiger partial charge on any atom is 0.247 e. The zero-order valence-corrected chi connectivity index (χ0v) is 20.2. The van der Waals surface area contributed by atoms with Gasteiger partial charge in [0, 0.05) is 36.8 Å². The lowest BCUT2D eigenvalue weighted by molar-refractivity contribution is -0.00963. The van der Waals surface area contributed by atoms with Crippen LogP contribution in [0.4, 0.5) is 0 Å². The van der Waals surface area contributed by atoms with Crippen LogP contribution in [0.1, 0.15) is 29.5 Å². The summed E-state index contributed by atoms with van der Waals surface area (Å²) in [6, 6.07) is 7.06. The molecule has 3 heterocycles. The van der Waals surface area contributed by atoms with Gasteiger partial charge in [-0.1, -0.05) is 23.7 Å². The highest BCUT2D eigenvalue weighted by Gasteiger charge is 2.43. The fraction of sp³-hybridized carbons (Fsp3) is 0.478. The van der Waals surface area contributed by atoms with Crippen LogP contribution in [0.2, 0.25) is 5.02 Å². The van der Waals surface area contributed by atoms with Crippen molar-refractivity contribution in [3.63, 3.8) is 0 Å². The van der Waals surface area contributed by atoms with Gasteiger partial charge in [-0.2, -0.15) is 4.31 Å². The summed E-state index contributed by atoms with van der Waals surface area (Å²) in [5.74, 6) is 1.12. The van der Waals surface area contributed by atoms with Gasteiger partial charge in [0.25, 0.3) is 0 Å². The van der Waals surface area contributed by atoms with Crippen molar-refractivity contribution in [3.05, 3.63) is 46.0 Å². The summed E-state index contributed by atoms with van der Waals surface area (Å²) < 4.78 is 46.2. The van der Waals surface area contributed by atoms with Crippen molar-refractivity contribution in [3.8, 4) is 17.2 Å². The summed E-state index contributed by atoms with van der Waals surface area (Å²) in [4.78, 5) is 2.30. The number of halogens is 1. The van der Waals surface area contributed by atoms with E-state index in [0.29, 0.717) is 29.5 Å². The number of hydrogen-bond acceptors (Lipinski definition) is 7. The van der Waals surface area contributed by atoms with Crippen molar-refractivity contribution in [2.24, 2.45) is 0 Å². The summed E-state index contributed by atoms with van der Waals surface area (Å²) in [7, 11) is -0.341. The second-order valence-electron chi connectivity index (χ2n) is 8.81. The van der Waals surface area contributed by atoms with Crippen LogP contribution in [0.15, 0.2) is 29.2 Å². The van der Waals surface area contributed by atoms with Crippen LogP contribution in [0.3, 0.4) is 0 Å². The highest BCUT2D eigenvalue weighted by Crippen LogP contribution is 2.52. The Kier molecular flexibility index (Phi) is 5.73. The van der Waals surface area contributed by atoms with E-state index in [0.717, 1.165) is 23.2 Å². The molecule has 0 aromatic heterocycles. The maximum absolute atomic E-state index is 13.9. The Morgan fingerprint density at radius 3 is 2.39 bits per heavy atom. The summed E-state index contributed by atoms with van der Waals surface area (Å²) in [5, 5.41) is 11.8. The number of hydrogen-bond donors (Lipinski definition) is 1. The van der Waals surface area contributed by atoms with Crippen LogP contribution in [-0.4, -0.2) is 63.3 Å². The SMILES string of the molecule is COc1c2c(c(S(=O)(=O)N3CCC(O)(c4ccc(Cl)cc4)CC3)c3c1OCO3)CCN(C)C2. The van der Waals surface area contributed by atoms with E-state index >= 15 is 0 Å². The predicted octanol–water partition coefficient (Wildman–Crippen LogP) is 2.74. The molecule has 2 aromatic carbocycles. The van der Waals surface area contributed by atoms with Crippen molar-refractivity contribution < 1.29 is 27.7 Å². The van der Waals surface area contributed by atoms with Gasteiger partial charge in [-0.3, -0.25) is 0 Å². The Bertz CT molecular complexity index is 1180. The Balaban J connectivity index is 1.51. The lowest BCUT2D eigenvalue weighted by Crippen LogP contribution is -2.45. The lowest BCUT2D eigenvalue weighted by Gasteiger charge is -2.38. The fourth-order valence-electron chi connectivity index (χ4n) is 5.01. The number of fused-ring (bicyclic) bond motifs is 2. The third-order valence-corrected chi connectivity index (χ3v) is 9.09. The monoisotopic (exact) mass is 494 g/mol. The number of ether oxygens (including phenoxy) is 3. The summed E-state index contributed by atoms with van der Waals surface area (Å²) >= 11 is 5.98. The molecule has 178 valence electrons. The fourth-order valence-corrected chi connectivity index (χ4v) is 6.98. The molecule has 1 N–H and O–H groups in total. The van der Waals surface area contributed by atoms with Gasteiger partial charge >= 0.3 is 0 Å². The second kappa shape index (κ2) is 8.32. The molecule has 0 radical (unpaired) electrons. The molecule has 8 nitrogen and oxygen atoms in total. The summed E-state index contributed by atoms with van der Waals surface area (Å²) in [6.07, 6.45) is 1.14. The Labute approximate surface area is 198 Å². The van der Waals surface area contributed by atoms with E-state index in [1.165, 1.54) is 4.31 Å². The maximum atomic E-state index is 13.9. The zero-order chi connectivity index (χ0) is 23.4. The minimum atomic E-state index is -3.89. The normalized spacial score (nSPS) is 20.5. The van der Waals surface area contributed by atoms with Crippen molar-refractivity contribution in [1.29, 1.82) is 0 Å². The number of piperidine rings is 1. The van der Waals surface area contributed by atoms with Gasteiger partial charge < -0.3 is 24.2 Å². The molecule has 5 rings (SSSR count). The van der Waals surface area contributed by atoms with E-state index in [1.54, 1.807) is 31.4 Å². The molecule has 0 saturated carbocycles. The van der Waals surface area contributed by atoms with E-state index in [-0.39, 0.29) is 43.4 Å². The van der Waals surface area contributed by atoms with Crippen LogP contribution < -0.4 is 14.2 Å². The van der Waals surface area contributed by atoms with E-state index in [2.05, 4.69) is 4.90 Å². The van der Waals surface area contributed by atoms with Crippen LogP contribution >= 0.6 is 11.6 Å². The van der Waals surface area contributed by atoms with Crippen molar-refractivity contribution in [2.45, 2.75) is 36.3 Å². The number of methoxy groups -OCH3 is 1. The molecule has 1 saturated heterocycles. The minimum absolute atomic E-state index is 0.0523. The third-order valence-electron chi connectivity index (χ3n) is 6.84. The number of sulfonamides is 1. The molecule has 2 aromatic rings. The van der Waals surface area contributed by atoms with Crippen molar-refractivity contribution >= 4 is 21.6 Å². The molecule has 0 atom stereocenters. The van der Waals surface area contributed by atoms with Gasteiger partial charge in [-0.15, -0.1) is 0 Å². The molecule has 3 aliphatic rings. The number of benzene rings is 2. The van der Waals surface area contributed by atoms with Gasteiger partial charge in [0.2, 0.25) is 22.6 Å². The van der Waals surface area contributed by atoms with Crippen LogP contribution in [0.5, 0.6) is 17.2 Å². The molecule has 10 heteroatoms. The largest absolute Gasteiger partial charge is 0.492 e. The van der Waals surface area contributed by atoms with E-state index < -0.39 is 15.6 Å². The number of rotatable bonds is 4. The van der Waals surface area contributed by atoms with Gasteiger partial charge in [0.1, 0.15) is 4.90 Å². The van der Waals surface area contributed by atoms with Crippen LogP contribution in [0.25, 0.3) is 0 Å². The quantitative estimate of drug-likeness (QED) is 0.699. The molecular weight excluding hydrogens is 468 g/mol. The average molecular weight is 495 g/mol. The van der Waals surface area contributed by atoms with Gasteiger partial charge in [0.15, 0.2) is 11.5 Å². The third kappa shape index (κ3) is 3.76. The first kappa shape index (κ1) is 22.7. The first-order chi connectivity index (χ1) is 15.7. The van der Waals surface area contributed by atoms with Gasteiger partial charge in [0.05, 0.1) is 12.7 Å². The Morgan fingerprint density at radius 2 is 1.73 bits per heavy atom. The van der Waals surface area contributed by atoms with Crippen molar-refractivity contribution in [2.75, 3.05) is 40.6 Å². The average Bonchev–Trinajstić information content (AvgIpc) is 3.27. The van der Waals surface area contributed by atoms with Crippen molar-refractivity contribution in [1.82, 2.24) is 9.21 Å². The number of aliphatic hydroxyl groups is 1. The van der Waals surface area contributed by atoms with Crippen LogP contribution in [0, 0.1) is 0 Å². The van der Waals surface area contributed by atoms with Crippen LogP contribution in [-0.2, 0) is 28.6 Å². The molecule has 0 aliphatic carbocycles. The molecule has 0 unspecified atom stereocenters. The van der Waals surface area contributed by atoms with E-state index in [4.69, 9.17) is 25.8 Å². The molecule has 0 amide bonds. The predicted molar refractivity (Wildman–Crippen MR) is 122 cm³/mol. The minimum Gasteiger partial charge on any atom is -0.492 e. The van der Waals surface area contributed by atoms with Gasteiger partial charge in [-0.25, -0.2) is 8.42 Å².